The van der Waals surface area contributed by atoms with Crippen LogP contribution in [-0.4, -0.2) is 4.57 Å². The maximum absolute atomic E-state index is 2.19. The summed E-state index contributed by atoms with van der Waals surface area (Å²) in [7, 11) is 0. The first kappa shape index (κ1) is 9.07. The highest BCUT2D eigenvalue weighted by atomic mass is 15.0. The molecular weight excluding hydrogens is 170 g/mol. The first-order chi connectivity index (χ1) is 6.81. The highest BCUT2D eigenvalue weighted by Gasteiger charge is 1.97. The van der Waals surface area contributed by atoms with Gasteiger partial charge in [0.2, 0.25) is 0 Å². The minimum absolute atomic E-state index is 1.10. The SMILES string of the molecule is CCc1ccc(-n2cccc2C)cc1. The highest BCUT2D eigenvalue weighted by molar-refractivity contribution is 5.37. The van der Waals surface area contributed by atoms with Gasteiger partial charge in [0.1, 0.15) is 0 Å². The average molecular weight is 185 g/mol. The molecular formula is C13H15N. The predicted molar refractivity (Wildman–Crippen MR) is 59.9 cm³/mol. The fourth-order valence-electron chi connectivity index (χ4n) is 1.65. The molecule has 0 bridgehead atoms. The molecule has 0 saturated carbocycles. The molecule has 0 amide bonds. The molecule has 14 heavy (non-hydrogen) atoms. The van der Waals surface area contributed by atoms with Crippen LogP contribution in [0.1, 0.15) is 18.2 Å². The molecule has 1 aromatic carbocycles. The van der Waals surface area contributed by atoms with Gasteiger partial charge in [-0.3, -0.25) is 0 Å². The summed E-state index contributed by atoms with van der Waals surface area (Å²) >= 11 is 0. The molecule has 72 valence electrons. The number of benzene rings is 1. The van der Waals surface area contributed by atoms with E-state index in [2.05, 4.69) is 61.0 Å². The maximum Gasteiger partial charge on any atom is 0.0452 e. The summed E-state index contributed by atoms with van der Waals surface area (Å²) in [6.07, 6.45) is 3.20. The van der Waals surface area contributed by atoms with E-state index in [1.165, 1.54) is 16.9 Å². The van der Waals surface area contributed by atoms with Crippen LogP contribution >= 0.6 is 0 Å². The number of aryl methyl sites for hydroxylation is 2. The van der Waals surface area contributed by atoms with Crippen molar-refractivity contribution < 1.29 is 0 Å². The lowest BCUT2D eigenvalue weighted by Crippen LogP contribution is -1.94. The number of aromatic nitrogens is 1. The second-order valence-electron chi connectivity index (χ2n) is 3.54. The van der Waals surface area contributed by atoms with Crippen LogP contribution in [0.4, 0.5) is 0 Å². The van der Waals surface area contributed by atoms with E-state index in [4.69, 9.17) is 0 Å². The lowest BCUT2D eigenvalue weighted by atomic mass is 10.1. The van der Waals surface area contributed by atoms with Gasteiger partial charge in [0.15, 0.2) is 0 Å². The van der Waals surface area contributed by atoms with Gasteiger partial charge in [-0.1, -0.05) is 19.1 Å². The summed E-state index contributed by atoms with van der Waals surface area (Å²) in [6.45, 7) is 4.30. The van der Waals surface area contributed by atoms with Crippen LogP contribution in [0, 0.1) is 6.92 Å². The zero-order valence-electron chi connectivity index (χ0n) is 8.70. The predicted octanol–water partition coefficient (Wildman–Crippen LogP) is 3.35. The number of nitrogens with zero attached hydrogens (tertiary/aromatic N) is 1. The third-order valence-corrected chi connectivity index (χ3v) is 2.58. The van der Waals surface area contributed by atoms with Gasteiger partial charge in [0, 0.05) is 17.6 Å². The van der Waals surface area contributed by atoms with E-state index in [-0.39, 0.29) is 0 Å². The molecule has 1 heterocycles. The number of rotatable bonds is 2. The standard InChI is InChI=1S/C13H15N/c1-3-12-6-8-13(9-7-12)14-10-4-5-11(14)2/h4-10H,3H2,1-2H3. The fraction of sp³-hybridized carbons (Fsp3) is 0.231. The summed E-state index contributed by atoms with van der Waals surface area (Å²) in [5.74, 6) is 0. The Morgan fingerprint density at radius 2 is 1.79 bits per heavy atom. The molecule has 0 aliphatic carbocycles. The topological polar surface area (TPSA) is 4.93 Å². The van der Waals surface area contributed by atoms with Crippen LogP contribution < -0.4 is 0 Å². The molecule has 0 spiro atoms. The first-order valence-electron chi connectivity index (χ1n) is 5.04. The van der Waals surface area contributed by atoms with E-state index in [0.717, 1.165) is 6.42 Å². The Hall–Kier alpha value is -1.50. The van der Waals surface area contributed by atoms with Crippen molar-refractivity contribution in [2.75, 3.05) is 0 Å². The fourth-order valence-corrected chi connectivity index (χ4v) is 1.65. The molecule has 0 N–H and O–H groups in total. The molecule has 0 radical (unpaired) electrons. The van der Waals surface area contributed by atoms with Gasteiger partial charge in [-0.05, 0) is 43.2 Å². The van der Waals surface area contributed by atoms with Crippen molar-refractivity contribution in [3.05, 3.63) is 53.9 Å². The molecule has 2 aromatic rings. The minimum Gasteiger partial charge on any atom is -0.321 e. The zero-order chi connectivity index (χ0) is 9.97. The molecule has 1 aromatic heterocycles. The van der Waals surface area contributed by atoms with Crippen molar-refractivity contribution in [1.82, 2.24) is 4.57 Å². The van der Waals surface area contributed by atoms with Crippen molar-refractivity contribution in [1.29, 1.82) is 0 Å². The second kappa shape index (κ2) is 3.70. The molecule has 0 atom stereocenters. The Morgan fingerprint density at radius 3 is 2.29 bits per heavy atom. The monoisotopic (exact) mass is 185 g/mol. The molecule has 2 rings (SSSR count). The van der Waals surface area contributed by atoms with E-state index in [1.54, 1.807) is 0 Å². The lowest BCUT2D eigenvalue weighted by molar-refractivity contribution is 1.01. The van der Waals surface area contributed by atoms with Crippen LogP contribution in [0.5, 0.6) is 0 Å². The maximum atomic E-state index is 2.19. The van der Waals surface area contributed by atoms with Gasteiger partial charge in [0.05, 0.1) is 0 Å². The van der Waals surface area contributed by atoms with E-state index in [1.807, 2.05) is 0 Å². The molecule has 1 heteroatoms. The molecule has 1 nitrogen and oxygen atoms in total. The summed E-state index contributed by atoms with van der Waals surface area (Å²) in [6, 6.07) is 12.9. The summed E-state index contributed by atoms with van der Waals surface area (Å²) in [4.78, 5) is 0. The normalized spacial score (nSPS) is 10.4. The quantitative estimate of drug-likeness (QED) is 0.676. The van der Waals surface area contributed by atoms with Crippen LogP contribution in [0.3, 0.4) is 0 Å². The third kappa shape index (κ3) is 1.58. The van der Waals surface area contributed by atoms with Gasteiger partial charge in [-0.25, -0.2) is 0 Å². The van der Waals surface area contributed by atoms with E-state index in [9.17, 15) is 0 Å². The Bertz CT molecular complexity index is 409. The van der Waals surface area contributed by atoms with Gasteiger partial charge in [-0.15, -0.1) is 0 Å². The summed E-state index contributed by atoms with van der Waals surface area (Å²) < 4.78 is 2.19. The molecule has 0 aliphatic rings. The highest BCUT2D eigenvalue weighted by Crippen LogP contribution is 2.13. The first-order valence-corrected chi connectivity index (χ1v) is 5.04. The Kier molecular flexibility index (Phi) is 2.40. The Balaban J connectivity index is 2.39. The van der Waals surface area contributed by atoms with Crippen molar-refractivity contribution in [2.45, 2.75) is 20.3 Å². The van der Waals surface area contributed by atoms with Crippen LogP contribution in [0.15, 0.2) is 42.6 Å². The molecule has 0 unspecified atom stereocenters. The van der Waals surface area contributed by atoms with E-state index < -0.39 is 0 Å². The summed E-state index contributed by atoms with van der Waals surface area (Å²) in [5, 5.41) is 0. The molecule has 0 fully saturated rings. The van der Waals surface area contributed by atoms with Gasteiger partial charge < -0.3 is 4.57 Å². The smallest absolute Gasteiger partial charge is 0.0452 e. The second-order valence-corrected chi connectivity index (χ2v) is 3.54. The van der Waals surface area contributed by atoms with Gasteiger partial charge in [0.25, 0.3) is 0 Å². The van der Waals surface area contributed by atoms with Crippen LogP contribution in [0.2, 0.25) is 0 Å². The number of hydrogen-bond donors (Lipinski definition) is 0. The van der Waals surface area contributed by atoms with Crippen molar-refractivity contribution in [2.24, 2.45) is 0 Å². The lowest BCUT2D eigenvalue weighted by Gasteiger charge is -2.06. The number of hydrogen-bond acceptors (Lipinski definition) is 0. The molecule has 0 aliphatic heterocycles. The zero-order valence-corrected chi connectivity index (χ0v) is 8.70. The van der Waals surface area contributed by atoms with Crippen molar-refractivity contribution in [3.63, 3.8) is 0 Å². The van der Waals surface area contributed by atoms with Gasteiger partial charge in [-0.2, -0.15) is 0 Å². The minimum atomic E-state index is 1.10. The van der Waals surface area contributed by atoms with E-state index in [0.29, 0.717) is 0 Å². The summed E-state index contributed by atoms with van der Waals surface area (Å²) in [5.41, 5.74) is 3.90. The third-order valence-electron chi connectivity index (χ3n) is 2.58. The van der Waals surface area contributed by atoms with Crippen LogP contribution in [-0.2, 0) is 6.42 Å². The van der Waals surface area contributed by atoms with Gasteiger partial charge >= 0.3 is 0 Å². The van der Waals surface area contributed by atoms with Crippen molar-refractivity contribution in [3.8, 4) is 5.69 Å². The average Bonchev–Trinajstić information content (AvgIpc) is 2.65. The molecule has 0 saturated heterocycles. The Morgan fingerprint density at radius 1 is 1.07 bits per heavy atom. The van der Waals surface area contributed by atoms with E-state index >= 15 is 0 Å². The Labute approximate surface area is 85.0 Å². The van der Waals surface area contributed by atoms with Crippen LogP contribution in [0.25, 0.3) is 5.69 Å². The largest absolute Gasteiger partial charge is 0.321 e. The van der Waals surface area contributed by atoms with Crippen molar-refractivity contribution >= 4 is 0 Å².